The number of aliphatic imine (C=N–C) groups is 1. The highest BCUT2D eigenvalue weighted by atomic mass is 32.1. The third-order valence-corrected chi connectivity index (χ3v) is 8.13. The SMILES string of the molecule is CCOC(=O)C1=C(CN2CC(F)(F)[C@H]3[C@@H]2CCN3CC(=O)O)NC(c2nccs2)=N[C@H]1c1cccc(F)c1C. The number of nitrogens with zero attached hydrogens (tertiary/aromatic N) is 4. The van der Waals surface area contributed by atoms with Crippen LogP contribution < -0.4 is 5.32 Å². The lowest BCUT2D eigenvalue weighted by Crippen LogP contribution is -2.47. The summed E-state index contributed by atoms with van der Waals surface area (Å²) in [7, 11) is 0. The van der Waals surface area contributed by atoms with Gasteiger partial charge in [-0.05, 0) is 37.5 Å². The Labute approximate surface area is 227 Å². The van der Waals surface area contributed by atoms with Crippen LogP contribution in [0.4, 0.5) is 13.2 Å². The van der Waals surface area contributed by atoms with Crippen LogP contribution in [-0.2, 0) is 14.3 Å². The summed E-state index contributed by atoms with van der Waals surface area (Å²) in [5, 5.41) is 14.6. The number of benzene rings is 1. The molecule has 0 aliphatic carbocycles. The number of hydrogen-bond acceptors (Lipinski definition) is 9. The topological polar surface area (TPSA) is 107 Å². The maximum absolute atomic E-state index is 15.2. The summed E-state index contributed by atoms with van der Waals surface area (Å²) in [6.07, 6.45) is 1.95. The van der Waals surface area contributed by atoms with E-state index in [1.54, 1.807) is 36.4 Å². The average molecular weight is 564 g/mol. The molecule has 13 heteroatoms. The van der Waals surface area contributed by atoms with E-state index in [2.05, 4.69) is 10.3 Å². The number of aliphatic carboxylic acids is 1. The molecule has 39 heavy (non-hydrogen) atoms. The van der Waals surface area contributed by atoms with Gasteiger partial charge in [0.2, 0.25) is 0 Å². The van der Waals surface area contributed by atoms with E-state index in [4.69, 9.17) is 9.73 Å². The Balaban J connectivity index is 1.58. The molecule has 0 spiro atoms. The summed E-state index contributed by atoms with van der Waals surface area (Å²) >= 11 is 1.31. The molecule has 2 fully saturated rings. The number of esters is 1. The van der Waals surface area contributed by atoms with E-state index in [-0.39, 0.29) is 25.3 Å². The van der Waals surface area contributed by atoms with Gasteiger partial charge < -0.3 is 15.2 Å². The first-order chi connectivity index (χ1) is 18.6. The lowest BCUT2D eigenvalue weighted by atomic mass is 9.92. The highest BCUT2D eigenvalue weighted by Gasteiger charge is 2.59. The van der Waals surface area contributed by atoms with Crippen LogP contribution in [0.25, 0.3) is 0 Å². The molecule has 0 bridgehead atoms. The summed E-state index contributed by atoms with van der Waals surface area (Å²) in [6, 6.07) is 1.69. The van der Waals surface area contributed by atoms with Gasteiger partial charge in [0.05, 0.1) is 31.3 Å². The fraction of sp³-hybridized carbons (Fsp3) is 0.462. The molecule has 9 nitrogen and oxygen atoms in total. The fourth-order valence-electron chi connectivity index (χ4n) is 5.74. The zero-order valence-corrected chi connectivity index (χ0v) is 22.2. The van der Waals surface area contributed by atoms with E-state index < -0.39 is 54.9 Å². The molecule has 0 unspecified atom stereocenters. The lowest BCUT2D eigenvalue weighted by Gasteiger charge is -2.31. The maximum atomic E-state index is 15.2. The van der Waals surface area contributed by atoms with Crippen LogP contribution in [0.1, 0.15) is 35.5 Å². The van der Waals surface area contributed by atoms with Crippen molar-refractivity contribution in [2.24, 2.45) is 4.99 Å². The van der Waals surface area contributed by atoms with Crippen molar-refractivity contribution in [1.29, 1.82) is 0 Å². The zero-order chi connectivity index (χ0) is 27.9. The number of carbonyl (C=O) groups is 2. The molecular formula is C26H28F3N5O4S. The van der Waals surface area contributed by atoms with E-state index in [1.165, 1.54) is 28.4 Å². The molecular weight excluding hydrogens is 535 g/mol. The number of halogens is 3. The number of alkyl halides is 2. The number of nitrogens with one attached hydrogen (secondary N) is 1. The van der Waals surface area contributed by atoms with E-state index >= 15 is 8.78 Å². The smallest absolute Gasteiger partial charge is 0.338 e. The predicted molar refractivity (Wildman–Crippen MR) is 137 cm³/mol. The third-order valence-electron chi connectivity index (χ3n) is 7.35. The highest BCUT2D eigenvalue weighted by Crippen LogP contribution is 2.42. The monoisotopic (exact) mass is 563 g/mol. The molecule has 208 valence electrons. The van der Waals surface area contributed by atoms with Crippen LogP contribution in [-0.4, -0.2) is 88.5 Å². The summed E-state index contributed by atoms with van der Waals surface area (Å²) < 4.78 is 50.5. The first-order valence-corrected chi connectivity index (χ1v) is 13.5. The van der Waals surface area contributed by atoms with Gasteiger partial charge in [-0.3, -0.25) is 19.6 Å². The van der Waals surface area contributed by atoms with Crippen molar-refractivity contribution in [3.05, 3.63) is 63.0 Å². The molecule has 3 aliphatic rings. The Morgan fingerprint density at radius 3 is 2.79 bits per heavy atom. The Bertz CT molecular complexity index is 1330. The van der Waals surface area contributed by atoms with Crippen LogP contribution in [0, 0.1) is 12.7 Å². The molecule has 1 aromatic carbocycles. The minimum Gasteiger partial charge on any atom is -0.480 e. The number of rotatable bonds is 8. The number of amidine groups is 1. The van der Waals surface area contributed by atoms with Crippen molar-refractivity contribution in [2.75, 3.05) is 32.8 Å². The summed E-state index contributed by atoms with van der Waals surface area (Å²) in [6.45, 7) is 2.40. The molecule has 0 amide bonds. The molecule has 3 aliphatic heterocycles. The van der Waals surface area contributed by atoms with Crippen LogP contribution in [0.5, 0.6) is 0 Å². The first-order valence-electron chi connectivity index (χ1n) is 12.6. The first kappa shape index (κ1) is 27.3. The normalized spacial score (nSPS) is 24.8. The Kier molecular flexibility index (Phi) is 7.49. The number of carboxylic acid groups (broad SMARTS) is 1. The molecule has 5 rings (SSSR count). The van der Waals surface area contributed by atoms with Gasteiger partial charge in [0.15, 0.2) is 10.8 Å². The Morgan fingerprint density at radius 1 is 1.31 bits per heavy atom. The van der Waals surface area contributed by atoms with E-state index in [0.29, 0.717) is 34.1 Å². The van der Waals surface area contributed by atoms with Crippen molar-refractivity contribution in [2.45, 2.75) is 44.3 Å². The minimum absolute atomic E-state index is 0.0684. The van der Waals surface area contributed by atoms with Crippen molar-refractivity contribution >= 4 is 29.1 Å². The van der Waals surface area contributed by atoms with Gasteiger partial charge in [0.1, 0.15) is 11.9 Å². The van der Waals surface area contributed by atoms with Crippen LogP contribution in [0.15, 0.2) is 46.0 Å². The Hall–Kier alpha value is -3.29. The second kappa shape index (κ2) is 10.7. The van der Waals surface area contributed by atoms with Gasteiger partial charge in [0, 0.05) is 36.4 Å². The number of hydrogen-bond donors (Lipinski definition) is 2. The number of likely N-dealkylation sites (tertiary alicyclic amines) is 2. The number of carbonyl (C=O) groups excluding carboxylic acids is 1. The molecule has 2 aromatic rings. The number of thiazole rings is 1. The van der Waals surface area contributed by atoms with Crippen LogP contribution in [0.2, 0.25) is 0 Å². The summed E-state index contributed by atoms with van der Waals surface area (Å²) in [5.41, 5.74) is 1.18. The van der Waals surface area contributed by atoms with Crippen LogP contribution in [0.3, 0.4) is 0 Å². The number of aromatic nitrogens is 1. The maximum Gasteiger partial charge on any atom is 0.338 e. The van der Waals surface area contributed by atoms with Gasteiger partial charge in [-0.1, -0.05) is 12.1 Å². The van der Waals surface area contributed by atoms with E-state index in [1.807, 2.05) is 0 Å². The molecule has 3 atom stereocenters. The Morgan fingerprint density at radius 2 is 2.10 bits per heavy atom. The van der Waals surface area contributed by atoms with E-state index in [9.17, 15) is 19.1 Å². The fourth-order valence-corrected chi connectivity index (χ4v) is 6.33. The van der Waals surface area contributed by atoms with Crippen molar-refractivity contribution in [3.63, 3.8) is 0 Å². The lowest BCUT2D eigenvalue weighted by molar-refractivity contribution is -0.140. The van der Waals surface area contributed by atoms with Gasteiger partial charge in [0.25, 0.3) is 5.92 Å². The average Bonchev–Trinajstić information content (AvgIpc) is 3.60. The quantitative estimate of drug-likeness (QED) is 0.473. The molecule has 1 aromatic heterocycles. The van der Waals surface area contributed by atoms with Gasteiger partial charge in [-0.2, -0.15) is 0 Å². The molecule has 0 radical (unpaired) electrons. The van der Waals surface area contributed by atoms with Gasteiger partial charge >= 0.3 is 11.9 Å². The number of carboxylic acids is 1. The second-order valence-corrected chi connectivity index (χ2v) is 10.6. The minimum atomic E-state index is -3.15. The largest absolute Gasteiger partial charge is 0.480 e. The van der Waals surface area contributed by atoms with Crippen molar-refractivity contribution in [3.8, 4) is 0 Å². The standard InChI is InChI=1S/C26H28F3N5O4S/c1-3-38-25(37)20-17(11-34-13-26(28,29)22-18(34)7-9-33(22)12-19(35)36)31-23(24-30-8-10-39-24)32-21(20)15-5-4-6-16(27)14(15)2/h4-6,8,10,18,21-22H,3,7,9,11-13H2,1-2H3,(H,31,32)(H,35,36)/t18-,21-,22+/m0/s1. The molecule has 2 N–H and O–H groups in total. The zero-order valence-electron chi connectivity index (χ0n) is 21.4. The van der Waals surface area contributed by atoms with E-state index in [0.717, 1.165) is 0 Å². The second-order valence-electron chi connectivity index (χ2n) is 9.74. The molecule has 2 saturated heterocycles. The van der Waals surface area contributed by atoms with Crippen molar-refractivity contribution in [1.82, 2.24) is 20.1 Å². The molecule has 4 heterocycles. The summed E-state index contributed by atoms with van der Waals surface area (Å²) in [4.78, 5) is 36.6. The van der Waals surface area contributed by atoms with Crippen molar-refractivity contribution < 1.29 is 32.6 Å². The van der Waals surface area contributed by atoms with Gasteiger partial charge in [-0.15, -0.1) is 11.3 Å². The molecule has 0 saturated carbocycles. The number of fused-ring (bicyclic) bond motifs is 1. The highest BCUT2D eigenvalue weighted by molar-refractivity contribution is 7.11. The number of ether oxygens (including phenoxy) is 1. The van der Waals surface area contributed by atoms with Gasteiger partial charge in [-0.25, -0.2) is 22.9 Å². The van der Waals surface area contributed by atoms with Crippen LogP contribution >= 0.6 is 11.3 Å². The summed E-state index contributed by atoms with van der Waals surface area (Å²) in [5.74, 6) is -5.13. The predicted octanol–water partition coefficient (Wildman–Crippen LogP) is 2.98. The third kappa shape index (κ3) is 5.18.